The maximum atomic E-state index is 14.8. The summed E-state index contributed by atoms with van der Waals surface area (Å²) in [6, 6.07) is -2.94. The first kappa shape index (κ1) is 63.0. The molecule has 3 aliphatic heterocycles. The van der Waals surface area contributed by atoms with Crippen LogP contribution < -0.4 is 38.1 Å². The van der Waals surface area contributed by atoms with Crippen LogP contribution in [0.1, 0.15) is 69.9 Å². The van der Waals surface area contributed by atoms with Gasteiger partial charge in [-0.05, 0) is 87.9 Å². The minimum Gasteiger partial charge on any atom is -0.508 e. The van der Waals surface area contributed by atoms with Gasteiger partial charge in [0.15, 0.2) is 0 Å². The van der Waals surface area contributed by atoms with Gasteiger partial charge in [-0.1, -0.05) is 24.3 Å². The van der Waals surface area contributed by atoms with Gasteiger partial charge in [0.05, 0.1) is 31.0 Å². The highest BCUT2D eigenvalue weighted by atomic mass is 31.2. The number of aromatic hydroxyl groups is 2. The molecule has 3 aliphatic rings. The van der Waals surface area contributed by atoms with Gasteiger partial charge in [0.2, 0.25) is 47.3 Å². The maximum absolute atomic E-state index is 14.8. The van der Waals surface area contributed by atoms with Crippen molar-refractivity contribution in [2.75, 3.05) is 32.8 Å². The molecule has 0 radical (unpaired) electrons. The Morgan fingerprint density at radius 3 is 1.63 bits per heavy atom. The van der Waals surface area contributed by atoms with E-state index in [1.54, 1.807) is 0 Å². The first-order valence-electron chi connectivity index (χ1n) is 25.6. The molecule has 436 valence electrons. The number of rotatable bonds is 26. The Morgan fingerprint density at radius 2 is 1.14 bits per heavy atom. The number of β-amino-alcohol motifs (C(OH)–C–C–N with tert-alkyl or cyclic N) is 2. The van der Waals surface area contributed by atoms with Gasteiger partial charge < -0.3 is 93.2 Å². The van der Waals surface area contributed by atoms with Crippen LogP contribution in [0, 0.1) is 0 Å². The van der Waals surface area contributed by atoms with Crippen LogP contribution >= 0.6 is 7.82 Å². The number of carboxylic acids is 1. The summed E-state index contributed by atoms with van der Waals surface area (Å²) in [4.78, 5) is 146. The number of nitrogens with two attached hydrogens (primary N) is 2. The molecule has 0 aromatic heterocycles. The van der Waals surface area contributed by atoms with Crippen molar-refractivity contribution >= 4 is 61.0 Å². The highest BCUT2D eigenvalue weighted by molar-refractivity contribution is 7.46. The van der Waals surface area contributed by atoms with Crippen molar-refractivity contribution in [2.45, 2.75) is 144 Å². The fourth-order valence-corrected chi connectivity index (χ4v) is 9.84. The van der Waals surface area contributed by atoms with Crippen LogP contribution in [0.25, 0.3) is 0 Å². The third kappa shape index (κ3) is 17.8. The Balaban J connectivity index is 1.39. The summed E-state index contributed by atoms with van der Waals surface area (Å²) in [7, 11) is -5.36. The van der Waals surface area contributed by atoms with E-state index in [-0.39, 0.29) is 43.7 Å². The van der Waals surface area contributed by atoms with Crippen molar-refractivity contribution in [3.05, 3.63) is 59.7 Å². The molecule has 0 unspecified atom stereocenters. The lowest BCUT2D eigenvalue weighted by Crippen LogP contribution is -2.62. The summed E-state index contributed by atoms with van der Waals surface area (Å²) in [5, 5.41) is 74.0. The monoisotopic (exact) mass is 1130 g/mol. The van der Waals surface area contributed by atoms with Crippen LogP contribution in [0.4, 0.5) is 0 Å². The van der Waals surface area contributed by atoms with Gasteiger partial charge in [-0.3, -0.25) is 42.9 Å². The number of phosphoric acid groups is 1. The number of nitrogens with one attached hydrogen (secondary N) is 5. The molecule has 0 spiro atoms. The number of unbranched alkanes of at least 4 members (excludes halogenated alkanes) is 1. The van der Waals surface area contributed by atoms with Gasteiger partial charge in [-0.25, -0.2) is 9.36 Å². The van der Waals surface area contributed by atoms with E-state index in [2.05, 4.69) is 31.1 Å². The Bertz CT molecular complexity index is 2550. The number of benzene rings is 2. The van der Waals surface area contributed by atoms with Crippen LogP contribution in [0.3, 0.4) is 0 Å². The number of aliphatic hydroxyl groups is 3. The topological polar surface area (TPSA) is 464 Å². The number of aliphatic carboxylic acids is 1. The van der Waals surface area contributed by atoms with Crippen molar-refractivity contribution < 1.29 is 92.7 Å². The van der Waals surface area contributed by atoms with Crippen LogP contribution in [0.15, 0.2) is 48.5 Å². The molecular weight excluding hydrogens is 1060 g/mol. The zero-order valence-electron chi connectivity index (χ0n) is 43.5. The van der Waals surface area contributed by atoms with Crippen molar-refractivity contribution in [1.82, 2.24) is 41.3 Å². The summed E-state index contributed by atoms with van der Waals surface area (Å²) in [6.07, 6.45) is -4.40. The SMILES string of the molecule is C[C@H](N)C(=O)N[C@@H](CCCCN)C(=O)N1CCC[C@H]1C(=O)N[C@@H](COP(=O)(O)O)C(=O)N[C@@H](Cc1ccc(O)cc1)C(=O)N1C[C@H](O)C[C@H]1C(=O)N[C@H](C(=O)N[C@@H](Cc1ccc(O)cc1)C(=O)N1C[C@H](O)C[C@H]1C(=O)O)[C@@H](C)O. The predicted molar refractivity (Wildman–Crippen MR) is 274 cm³/mol. The van der Waals surface area contributed by atoms with Gasteiger partial charge in [-0.15, -0.1) is 0 Å². The molecule has 0 saturated carbocycles. The van der Waals surface area contributed by atoms with Gasteiger partial charge >= 0.3 is 13.8 Å². The molecule has 0 aliphatic carbocycles. The third-order valence-corrected chi connectivity index (χ3v) is 14.1. The first-order chi connectivity index (χ1) is 37.2. The fraction of sp³-hybridized carbons (Fsp3) is 0.571. The smallest absolute Gasteiger partial charge is 0.469 e. The average molecular weight is 1140 g/mol. The lowest BCUT2D eigenvalue weighted by molar-refractivity contribution is -0.149. The summed E-state index contributed by atoms with van der Waals surface area (Å²) >= 11 is 0. The molecule has 3 fully saturated rings. The molecule has 8 amide bonds. The lowest BCUT2D eigenvalue weighted by Gasteiger charge is -2.32. The second kappa shape index (κ2) is 28.4. The minimum atomic E-state index is -5.36. The Kier molecular flexibility index (Phi) is 22.6. The van der Waals surface area contributed by atoms with Gasteiger partial charge in [0, 0.05) is 45.3 Å². The number of nitrogens with zero attached hydrogens (tertiary/aromatic N) is 3. The lowest BCUT2D eigenvalue weighted by atomic mass is 10.0. The number of phosphoric ester groups is 1. The number of likely N-dealkylation sites (tertiary alicyclic amines) is 3. The van der Waals surface area contributed by atoms with Gasteiger partial charge in [-0.2, -0.15) is 0 Å². The molecule has 3 saturated heterocycles. The van der Waals surface area contributed by atoms with Crippen molar-refractivity contribution in [1.29, 1.82) is 0 Å². The molecule has 79 heavy (non-hydrogen) atoms. The molecule has 17 N–H and O–H groups in total. The van der Waals surface area contributed by atoms with E-state index in [0.717, 1.165) is 16.7 Å². The summed E-state index contributed by atoms with van der Waals surface area (Å²) in [6.45, 7) is 0.727. The van der Waals surface area contributed by atoms with Crippen LogP contribution in [-0.4, -0.2) is 214 Å². The summed E-state index contributed by atoms with van der Waals surface area (Å²) in [5.74, 6) is -9.55. The number of phenols is 2. The first-order valence-corrected chi connectivity index (χ1v) is 27.1. The van der Waals surface area contributed by atoms with E-state index in [9.17, 15) is 88.1 Å². The van der Waals surface area contributed by atoms with Crippen molar-refractivity contribution in [3.8, 4) is 11.5 Å². The second-order valence-electron chi connectivity index (χ2n) is 19.9. The minimum absolute atomic E-state index is 0.0389. The predicted octanol–water partition coefficient (Wildman–Crippen LogP) is -4.73. The van der Waals surface area contributed by atoms with Crippen LogP contribution in [0.5, 0.6) is 11.5 Å². The van der Waals surface area contributed by atoms with E-state index >= 15 is 0 Å². The number of carbonyl (C=O) groups is 9. The van der Waals surface area contributed by atoms with Crippen molar-refractivity contribution in [3.63, 3.8) is 0 Å². The number of hydrogen-bond acceptors (Lipinski definition) is 18. The Labute approximate surface area is 453 Å². The zero-order chi connectivity index (χ0) is 58.5. The average Bonchev–Trinajstić information content (AvgIpc) is 4.17. The molecule has 2 aromatic rings. The number of phenolic OH excluding ortho intramolecular Hbond substituents is 2. The highest BCUT2D eigenvalue weighted by Crippen LogP contribution is 2.36. The number of aliphatic hydroxyl groups excluding tert-OH is 3. The van der Waals surface area contributed by atoms with E-state index < -0.39 is 166 Å². The van der Waals surface area contributed by atoms with Gasteiger partial charge in [0.25, 0.3) is 0 Å². The molecule has 0 bridgehead atoms. The number of carboxylic acid groups (broad SMARTS) is 1. The molecule has 2 aromatic carbocycles. The Morgan fingerprint density at radius 1 is 0.658 bits per heavy atom. The fourth-order valence-electron chi connectivity index (χ4n) is 9.50. The standard InChI is InChI=1S/C49H71N10O19P/c1-25(51)41(65)52-33(6-3-4-16-50)46(70)57-17-5-7-37(57)43(67)55-36(24-78-79(75,76)77)42(66)53-34(18-27-8-12-29(61)13-9-27)47(71)58-22-31(63)20-38(58)44(68)56-40(26(2)60)45(69)54-35(19-28-10-14-30(62)15-11-28)48(72)59-23-32(64)21-39(59)49(73)74/h8-15,25-26,31-40,60-64H,3-7,16-24,50-51H2,1-2H3,(H,52,65)(H,53,66)(H,54,69)(H,55,67)(H,56,68)(H,73,74)(H2,75,76,77)/t25-,26+,31+,32+,33-,34-,35-,36-,37-,38-,39-,40-/m0/s1. The zero-order valence-corrected chi connectivity index (χ0v) is 44.4. The van der Waals surface area contributed by atoms with E-state index in [0.29, 0.717) is 36.9 Å². The third-order valence-electron chi connectivity index (χ3n) is 13.6. The molecule has 3 heterocycles. The van der Waals surface area contributed by atoms with Gasteiger partial charge in [0.1, 0.15) is 59.8 Å². The Hall–Kier alpha value is -6.82. The van der Waals surface area contributed by atoms with E-state index in [1.807, 2.05) is 0 Å². The summed E-state index contributed by atoms with van der Waals surface area (Å²) in [5.41, 5.74) is 12.0. The largest absolute Gasteiger partial charge is 0.508 e. The van der Waals surface area contributed by atoms with Crippen molar-refractivity contribution in [2.24, 2.45) is 11.5 Å². The van der Waals surface area contributed by atoms with Crippen LogP contribution in [-0.2, 0) is 65.1 Å². The quantitative estimate of drug-likeness (QED) is 0.0311. The van der Waals surface area contributed by atoms with E-state index in [4.69, 9.17) is 11.5 Å². The molecule has 29 nitrogen and oxygen atoms in total. The second-order valence-corrected chi connectivity index (χ2v) is 21.1. The summed E-state index contributed by atoms with van der Waals surface area (Å²) < 4.78 is 16.6. The molecule has 30 heteroatoms. The van der Waals surface area contributed by atoms with Crippen LogP contribution in [0.2, 0.25) is 0 Å². The normalized spacial score (nSPS) is 21.9. The molecular formula is C49H71N10O19P. The maximum Gasteiger partial charge on any atom is 0.469 e. The molecule has 12 atom stereocenters. The number of hydrogen-bond donors (Lipinski definition) is 15. The molecule has 5 rings (SSSR count). The number of amides is 8. The van der Waals surface area contributed by atoms with E-state index in [1.165, 1.54) is 60.4 Å². The number of carbonyl (C=O) groups excluding carboxylic acids is 8. The highest BCUT2D eigenvalue weighted by Gasteiger charge is 2.46.